The van der Waals surface area contributed by atoms with Crippen LogP contribution in [0.5, 0.6) is 5.88 Å². The molecule has 0 aliphatic carbocycles. The summed E-state index contributed by atoms with van der Waals surface area (Å²) in [5.41, 5.74) is 8.42. The fourth-order valence-electron chi connectivity index (χ4n) is 3.24. The van der Waals surface area contributed by atoms with E-state index in [1.54, 1.807) is 13.1 Å². The molecule has 0 spiro atoms. The molecule has 0 saturated carbocycles. The highest BCUT2D eigenvalue weighted by Gasteiger charge is 2.18. The average Bonchev–Trinajstić information content (AvgIpc) is 2.78. The Bertz CT molecular complexity index is 1060. The summed E-state index contributed by atoms with van der Waals surface area (Å²) in [5.74, 6) is 0.470. The zero-order valence-corrected chi connectivity index (χ0v) is 16.8. The number of anilines is 1. The number of rotatable bonds is 6. The van der Waals surface area contributed by atoms with Crippen molar-refractivity contribution in [2.24, 2.45) is 7.05 Å². The molecule has 4 rings (SSSR count). The molecule has 2 N–H and O–H groups in total. The second kappa shape index (κ2) is 9.02. The first-order valence-electron chi connectivity index (χ1n) is 9.82. The zero-order chi connectivity index (χ0) is 20.9. The molecule has 3 heterocycles. The molecule has 9 nitrogen and oxygen atoms in total. The molecular weight excluding hydrogens is 384 g/mol. The van der Waals surface area contributed by atoms with E-state index < -0.39 is 0 Å². The maximum Gasteiger partial charge on any atom is 0.266 e. The Morgan fingerprint density at radius 1 is 1.07 bits per heavy atom. The molecule has 0 bridgehead atoms. The van der Waals surface area contributed by atoms with Gasteiger partial charge >= 0.3 is 0 Å². The number of benzene rings is 1. The predicted octanol–water partition coefficient (Wildman–Crippen LogP) is 1.20. The molecule has 1 aliphatic rings. The molecule has 2 aromatic heterocycles. The topological polar surface area (TPSA) is 108 Å². The molecule has 30 heavy (non-hydrogen) atoms. The van der Waals surface area contributed by atoms with Crippen molar-refractivity contribution in [2.45, 2.75) is 0 Å². The molecule has 0 radical (unpaired) electrons. The third-order valence-electron chi connectivity index (χ3n) is 4.89. The molecule has 156 valence electrons. The van der Waals surface area contributed by atoms with Gasteiger partial charge in [0.1, 0.15) is 23.7 Å². The molecule has 0 unspecified atom stereocenters. The van der Waals surface area contributed by atoms with Gasteiger partial charge in [-0.2, -0.15) is 5.10 Å². The number of aromatic nitrogens is 4. The number of nitrogen functional groups attached to an aromatic ring is 1. The van der Waals surface area contributed by atoms with Crippen molar-refractivity contribution in [3.05, 3.63) is 52.8 Å². The van der Waals surface area contributed by atoms with E-state index in [0.29, 0.717) is 23.7 Å². The molecular formula is C21H24N6O3. The second-order valence-corrected chi connectivity index (χ2v) is 6.96. The number of nitrogens with zero attached hydrogens (tertiary/aromatic N) is 5. The summed E-state index contributed by atoms with van der Waals surface area (Å²) in [6.45, 7) is 4.41. The van der Waals surface area contributed by atoms with Crippen LogP contribution in [0.15, 0.2) is 47.3 Å². The van der Waals surface area contributed by atoms with Gasteiger partial charge < -0.3 is 15.2 Å². The first kappa shape index (κ1) is 20.0. The van der Waals surface area contributed by atoms with E-state index in [0.717, 1.165) is 38.4 Å². The second-order valence-electron chi connectivity index (χ2n) is 6.96. The largest absolute Gasteiger partial charge is 0.474 e. The Morgan fingerprint density at radius 3 is 2.57 bits per heavy atom. The van der Waals surface area contributed by atoms with Gasteiger partial charge in [0, 0.05) is 38.3 Å². The molecule has 1 aliphatic heterocycles. The van der Waals surface area contributed by atoms with Crippen LogP contribution in [0.3, 0.4) is 0 Å². The SMILES string of the molecule is Cn1nc(-c2nc(OCCN3CCOCC3)c(N)nc2-c2ccccc2)ccc1=O. The van der Waals surface area contributed by atoms with Crippen LogP contribution in [0.1, 0.15) is 0 Å². The Kier molecular flexibility index (Phi) is 6.01. The number of nitrogens with two attached hydrogens (primary N) is 1. The lowest BCUT2D eigenvalue weighted by molar-refractivity contribution is 0.0320. The standard InChI is InChI=1S/C21H24N6O3/c1-26-17(28)8-7-16(25-26)19-18(15-5-3-2-4-6-15)23-20(22)21(24-19)30-14-11-27-9-12-29-13-10-27/h2-8H,9-14H2,1H3,(H2,22,23). The number of hydrogen-bond acceptors (Lipinski definition) is 8. The molecule has 9 heteroatoms. The van der Waals surface area contributed by atoms with Crippen molar-refractivity contribution in [1.29, 1.82) is 0 Å². The van der Waals surface area contributed by atoms with Gasteiger partial charge in [0.15, 0.2) is 5.82 Å². The monoisotopic (exact) mass is 408 g/mol. The van der Waals surface area contributed by atoms with Crippen LogP contribution in [0.4, 0.5) is 5.82 Å². The van der Waals surface area contributed by atoms with E-state index in [-0.39, 0.29) is 17.3 Å². The van der Waals surface area contributed by atoms with E-state index in [1.807, 2.05) is 30.3 Å². The summed E-state index contributed by atoms with van der Waals surface area (Å²) < 4.78 is 12.5. The summed E-state index contributed by atoms with van der Waals surface area (Å²) in [5, 5.41) is 4.34. The molecule has 0 amide bonds. The van der Waals surface area contributed by atoms with E-state index >= 15 is 0 Å². The van der Waals surface area contributed by atoms with E-state index in [9.17, 15) is 4.79 Å². The molecule has 1 fully saturated rings. The minimum atomic E-state index is -0.203. The third-order valence-corrected chi connectivity index (χ3v) is 4.89. The number of aryl methyl sites for hydroxylation is 1. The summed E-state index contributed by atoms with van der Waals surface area (Å²) in [6, 6.07) is 12.7. The van der Waals surface area contributed by atoms with Crippen LogP contribution in [-0.4, -0.2) is 64.1 Å². The smallest absolute Gasteiger partial charge is 0.266 e. The maximum absolute atomic E-state index is 11.8. The fourth-order valence-corrected chi connectivity index (χ4v) is 3.24. The Labute approximate surface area is 174 Å². The highest BCUT2D eigenvalue weighted by molar-refractivity contribution is 5.77. The summed E-state index contributed by atoms with van der Waals surface area (Å²) in [6.07, 6.45) is 0. The van der Waals surface area contributed by atoms with Crippen molar-refractivity contribution in [2.75, 3.05) is 45.2 Å². The summed E-state index contributed by atoms with van der Waals surface area (Å²) in [4.78, 5) is 23.2. The number of hydrogen-bond donors (Lipinski definition) is 1. The predicted molar refractivity (Wildman–Crippen MR) is 113 cm³/mol. The van der Waals surface area contributed by atoms with Crippen molar-refractivity contribution in [1.82, 2.24) is 24.6 Å². The molecule has 1 saturated heterocycles. The van der Waals surface area contributed by atoms with E-state index in [2.05, 4.69) is 20.0 Å². The Hall–Kier alpha value is -3.30. The molecule has 0 atom stereocenters. The maximum atomic E-state index is 11.8. The highest BCUT2D eigenvalue weighted by Crippen LogP contribution is 2.31. The lowest BCUT2D eigenvalue weighted by Gasteiger charge is -2.26. The molecule has 3 aromatic rings. The normalized spacial score (nSPS) is 14.6. The van der Waals surface area contributed by atoms with Gasteiger partial charge in [0.05, 0.1) is 13.2 Å². The van der Waals surface area contributed by atoms with Gasteiger partial charge in [-0.1, -0.05) is 30.3 Å². The highest BCUT2D eigenvalue weighted by atomic mass is 16.5. The first-order chi connectivity index (χ1) is 14.6. The van der Waals surface area contributed by atoms with Gasteiger partial charge in [-0.25, -0.2) is 14.6 Å². The van der Waals surface area contributed by atoms with Gasteiger partial charge in [-0.3, -0.25) is 9.69 Å². The fraction of sp³-hybridized carbons (Fsp3) is 0.333. The summed E-state index contributed by atoms with van der Waals surface area (Å²) >= 11 is 0. The van der Waals surface area contributed by atoms with Crippen LogP contribution < -0.4 is 16.0 Å². The van der Waals surface area contributed by atoms with Gasteiger partial charge in [-0.05, 0) is 6.07 Å². The van der Waals surface area contributed by atoms with Crippen LogP contribution in [0, 0.1) is 0 Å². The van der Waals surface area contributed by atoms with E-state index in [4.69, 9.17) is 15.2 Å². The van der Waals surface area contributed by atoms with Crippen molar-refractivity contribution >= 4 is 5.82 Å². The zero-order valence-electron chi connectivity index (χ0n) is 16.8. The Morgan fingerprint density at radius 2 is 1.83 bits per heavy atom. The third kappa shape index (κ3) is 4.47. The lowest BCUT2D eigenvalue weighted by Crippen LogP contribution is -2.38. The number of ether oxygens (including phenoxy) is 2. The van der Waals surface area contributed by atoms with Crippen LogP contribution in [0.2, 0.25) is 0 Å². The van der Waals surface area contributed by atoms with Crippen molar-refractivity contribution in [3.63, 3.8) is 0 Å². The minimum absolute atomic E-state index is 0.203. The minimum Gasteiger partial charge on any atom is -0.474 e. The Balaban J connectivity index is 1.66. The first-order valence-corrected chi connectivity index (χ1v) is 9.82. The summed E-state index contributed by atoms with van der Waals surface area (Å²) in [7, 11) is 1.60. The van der Waals surface area contributed by atoms with E-state index in [1.165, 1.54) is 10.7 Å². The number of morpholine rings is 1. The van der Waals surface area contributed by atoms with Crippen LogP contribution in [-0.2, 0) is 11.8 Å². The lowest BCUT2D eigenvalue weighted by atomic mass is 10.1. The van der Waals surface area contributed by atoms with Gasteiger partial charge in [-0.15, -0.1) is 0 Å². The average molecular weight is 408 g/mol. The van der Waals surface area contributed by atoms with Gasteiger partial charge in [0.25, 0.3) is 11.4 Å². The molecule has 1 aromatic carbocycles. The van der Waals surface area contributed by atoms with Crippen molar-refractivity contribution in [3.8, 4) is 28.5 Å². The van der Waals surface area contributed by atoms with Crippen LogP contribution >= 0.6 is 0 Å². The van der Waals surface area contributed by atoms with Gasteiger partial charge in [0.2, 0.25) is 0 Å². The quantitative estimate of drug-likeness (QED) is 0.648. The van der Waals surface area contributed by atoms with Crippen molar-refractivity contribution < 1.29 is 9.47 Å². The van der Waals surface area contributed by atoms with Crippen LogP contribution in [0.25, 0.3) is 22.6 Å².